The Bertz CT molecular complexity index is 572. The Morgan fingerprint density at radius 3 is 2.47 bits per heavy atom. The second-order valence-electron chi connectivity index (χ2n) is 5.01. The molecule has 1 heterocycles. The zero-order valence-corrected chi connectivity index (χ0v) is 11.9. The fraction of sp³-hybridized carbons (Fsp3) is 0.467. The van der Waals surface area contributed by atoms with Gasteiger partial charge in [-0.1, -0.05) is 13.8 Å². The first kappa shape index (κ1) is 13.7. The van der Waals surface area contributed by atoms with Gasteiger partial charge in [0.15, 0.2) is 0 Å². The Hall–Kier alpha value is -1.68. The van der Waals surface area contributed by atoms with Crippen molar-refractivity contribution >= 4 is 11.0 Å². The molecule has 19 heavy (non-hydrogen) atoms. The van der Waals surface area contributed by atoms with Crippen LogP contribution in [-0.4, -0.2) is 14.2 Å². The minimum absolute atomic E-state index is 0.391. The first-order chi connectivity index (χ1) is 9.10. The molecule has 4 nitrogen and oxygen atoms in total. The summed E-state index contributed by atoms with van der Waals surface area (Å²) >= 11 is 0. The molecule has 0 spiro atoms. The number of methoxy groups -OCH3 is 2. The summed E-state index contributed by atoms with van der Waals surface area (Å²) in [5.41, 5.74) is 7.70. The predicted molar refractivity (Wildman–Crippen MR) is 75.8 cm³/mol. The summed E-state index contributed by atoms with van der Waals surface area (Å²) in [6.07, 6.45) is 0.919. The third-order valence-corrected chi connectivity index (χ3v) is 3.16. The van der Waals surface area contributed by atoms with Crippen molar-refractivity contribution in [3.63, 3.8) is 0 Å². The summed E-state index contributed by atoms with van der Waals surface area (Å²) in [4.78, 5) is 0. The van der Waals surface area contributed by atoms with E-state index in [1.165, 1.54) is 0 Å². The van der Waals surface area contributed by atoms with Crippen molar-refractivity contribution in [1.29, 1.82) is 0 Å². The van der Waals surface area contributed by atoms with E-state index in [1.807, 2.05) is 12.1 Å². The molecule has 0 unspecified atom stereocenters. The summed E-state index contributed by atoms with van der Waals surface area (Å²) in [6.45, 7) is 4.74. The third kappa shape index (κ3) is 2.54. The molecule has 0 amide bonds. The number of furan rings is 1. The lowest BCUT2D eigenvalue weighted by molar-refractivity contribution is 0.397. The van der Waals surface area contributed by atoms with Gasteiger partial charge in [-0.05, 0) is 12.3 Å². The largest absolute Gasteiger partial charge is 0.496 e. The van der Waals surface area contributed by atoms with Crippen molar-refractivity contribution in [3.05, 3.63) is 23.5 Å². The van der Waals surface area contributed by atoms with Crippen LogP contribution in [0.15, 0.2) is 16.5 Å². The zero-order chi connectivity index (χ0) is 14.0. The molecule has 1 aromatic heterocycles. The molecule has 0 atom stereocenters. The van der Waals surface area contributed by atoms with Crippen LogP contribution in [0.2, 0.25) is 0 Å². The van der Waals surface area contributed by atoms with Gasteiger partial charge < -0.3 is 19.6 Å². The molecule has 2 aromatic rings. The zero-order valence-electron chi connectivity index (χ0n) is 11.9. The van der Waals surface area contributed by atoms with E-state index in [-0.39, 0.29) is 0 Å². The minimum Gasteiger partial charge on any atom is -0.496 e. The maximum absolute atomic E-state index is 5.85. The topological polar surface area (TPSA) is 57.6 Å². The molecule has 4 heteroatoms. The molecule has 2 rings (SSSR count). The maximum atomic E-state index is 5.85. The van der Waals surface area contributed by atoms with Gasteiger partial charge in [-0.2, -0.15) is 0 Å². The van der Waals surface area contributed by atoms with Crippen LogP contribution >= 0.6 is 0 Å². The van der Waals surface area contributed by atoms with Gasteiger partial charge >= 0.3 is 0 Å². The van der Waals surface area contributed by atoms with Crippen molar-refractivity contribution in [1.82, 2.24) is 0 Å². The Labute approximate surface area is 113 Å². The van der Waals surface area contributed by atoms with Crippen LogP contribution in [0.5, 0.6) is 11.5 Å². The van der Waals surface area contributed by atoms with E-state index >= 15 is 0 Å². The monoisotopic (exact) mass is 263 g/mol. The van der Waals surface area contributed by atoms with Gasteiger partial charge in [0.2, 0.25) is 0 Å². The highest BCUT2D eigenvalue weighted by molar-refractivity contribution is 5.90. The molecule has 0 saturated carbocycles. The average Bonchev–Trinajstić information content (AvgIpc) is 2.74. The van der Waals surface area contributed by atoms with E-state index in [0.717, 1.165) is 40.2 Å². The van der Waals surface area contributed by atoms with Crippen LogP contribution in [0.25, 0.3) is 11.0 Å². The molecule has 0 saturated heterocycles. The Morgan fingerprint density at radius 1 is 1.21 bits per heavy atom. The van der Waals surface area contributed by atoms with Gasteiger partial charge in [-0.15, -0.1) is 0 Å². The molecule has 0 aliphatic heterocycles. The van der Waals surface area contributed by atoms with Crippen LogP contribution in [-0.2, 0) is 13.0 Å². The summed E-state index contributed by atoms with van der Waals surface area (Å²) in [5, 5.41) is 1.01. The maximum Gasteiger partial charge on any atom is 0.142 e. The molecule has 104 valence electrons. The lowest BCUT2D eigenvalue weighted by atomic mass is 9.99. The van der Waals surface area contributed by atoms with Crippen molar-refractivity contribution in [2.24, 2.45) is 11.7 Å². The molecule has 1 aromatic carbocycles. The fourth-order valence-electron chi connectivity index (χ4n) is 2.35. The van der Waals surface area contributed by atoms with E-state index < -0.39 is 0 Å². The summed E-state index contributed by atoms with van der Waals surface area (Å²) in [6, 6.07) is 3.75. The van der Waals surface area contributed by atoms with E-state index in [0.29, 0.717) is 12.5 Å². The van der Waals surface area contributed by atoms with E-state index in [4.69, 9.17) is 19.6 Å². The van der Waals surface area contributed by atoms with Crippen molar-refractivity contribution in [2.45, 2.75) is 26.8 Å². The predicted octanol–water partition coefficient (Wildman–Crippen LogP) is 3.11. The smallest absolute Gasteiger partial charge is 0.142 e. The third-order valence-electron chi connectivity index (χ3n) is 3.16. The van der Waals surface area contributed by atoms with Gasteiger partial charge in [0.1, 0.15) is 22.8 Å². The summed E-state index contributed by atoms with van der Waals surface area (Å²) < 4.78 is 16.6. The van der Waals surface area contributed by atoms with Crippen LogP contribution in [0.3, 0.4) is 0 Å². The normalized spacial score (nSPS) is 11.3. The highest BCUT2D eigenvalue weighted by Crippen LogP contribution is 2.38. The number of nitrogens with two attached hydrogens (primary N) is 1. The number of ether oxygens (including phenoxy) is 2. The SMILES string of the molecule is COc1cc(OC)c2c(CC(C)C)c(CN)oc2c1. The Kier molecular flexibility index (Phi) is 4.00. The van der Waals surface area contributed by atoms with Gasteiger partial charge in [0.05, 0.1) is 26.2 Å². The Balaban J connectivity index is 2.70. The van der Waals surface area contributed by atoms with Crippen LogP contribution in [0.1, 0.15) is 25.2 Å². The van der Waals surface area contributed by atoms with Gasteiger partial charge in [0, 0.05) is 17.7 Å². The van der Waals surface area contributed by atoms with Gasteiger partial charge in [-0.25, -0.2) is 0 Å². The summed E-state index contributed by atoms with van der Waals surface area (Å²) in [5.74, 6) is 2.85. The molecule has 0 bridgehead atoms. The molecule has 0 radical (unpaired) electrons. The van der Waals surface area contributed by atoms with E-state index in [1.54, 1.807) is 14.2 Å². The number of hydrogen-bond donors (Lipinski definition) is 1. The van der Waals surface area contributed by atoms with Crippen molar-refractivity contribution < 1.29 is 13.9 Å². The highest BCUT2D eigenvalue weighted by Gasteiger charge is 2.19. The van der Waals surface area contributed by atoms with Crippen LogP contribution < -0.4 is 15.2 Å². The quantitative estimate of drug-likeness (QED) is 0.900. The van der Waals surface area contributed by atoms with Crippen molar-refractivity contribution in [2.75, 3.05) is 14.2 Å². The average molecular weight is 263 g/mol. The van der Waals surface area contributed by atoms with Crippen molar-refractivity contribution in [3.8, 4) is 11.5 Å². The summed E-state index contributed by atoms with van der Waals surface area (Å²) in [7, 11) is 3.28. The number of hydrogen-bond acceptors (Lipinski definition) is 4. The molecule has 0 aliphatic carbocycles. The number of rotatable bonds is 5. The van der Waals surface area contributed by atoms with E-state index in [2.05, 4.69) is 13.8 Å². The first-order valence-electron chi connectivity index (χ1n) is 6.47. The second-order valence-corrected chi connectivity index (χ2v) is 5.01. The number of fused-ring (bicyclic) bond motifs is 1. The lowest BCUT2D eigenvalue weighted by Gasteiger charge is -2.08. The highest BCUT2D eigenvalue weighted by atomic mass is 16.5. The molecule has 0 fully saturated rings. The molecular weight excluding hydrogens is 242 g/mol. The minimum atomic E-state index is 0.391. The first-order valence-corrected chi connectivity index (χ1v) is 6.47. The second kappa shape index (κ2) is 5.53. The standard InChI is InChI=1S/C15H21NO3/c1-9(2)5-11-14(8-16)19-13-7-10(17-3)6-12(18-4)15(11)13/h6-7,9H,5,8,16H2,1-4H3. The molecule has 2 N–H and O–H groups in total. The van der Waals surface area contributed by atoms with E-state index in [9.17, 15) is 0 Å². The van der Waals surface area contributed by atoms with Gasteiger partial charge in [-0.3, -0.25) is 0 Å². The number of benzene rings is 1. The van der Waals surface area contributed by atoms with Gasteiger partial charge in [0.25, 0.3) is 0 Å². The molecule has 0 aliphatic rings. The fourth-order valence-corrected chi connectivity index (χ4v) is 2.35. The lowest BCUT2D eigenvalue weighted by Crippen LogP contribution is -2.02. The van der Waals surface area contributed by atoms with Crippen LogP contribution in [0.4, 0.5) is 0 Å². The van der Waals surface area contributed by atoms with Crippen LogP contribution in [0, 0.1) is 5.92 Å². The molecular formula is C15H21NO3. The Morgan fingerprint density at radius 2 is 1.95 bits per heavy atom.